The Morgan fingerprint density at radius 1 is 1.26 bits per heavy atom. The molecule has 2 N–H and O–H groups in total. The first-order chi connectivity index (χ1) is 11.2. The van der Waals surface area contributed by atoms with Crippen LogP contribution in [0.15, 0.2) is 23.3 Å². The highest BCUT2D eigenvalue weighted by Crippen LogP contribution is 2.32. The Labute approximate surface area is 138 Å². The van der Waals surface area contributed by atoms with Gasteiger partial charge in [-0.2, -0.15) is 0 Å². The summed E-state index contributed by atoms with van der Waals surface area (Å²) in [6, 6.07) is 1.97. The molecule has 23 heavy (non-hydrogen) atoms. The molecule has 3 aliphatic rings. The molecule has 3 aliphatic heterocycles. The Morgan fingerprint density at radius 3 is 2.96 bits per heavy atom. The van der Waals surface area contributed by atoms with Crippen LogP contribution in [-0.2, 0) is 11.3 Å². The smallest absolute Gasteiger partial charge is 0.228 e. The van der Waals surface area contributed by atoms with E-state index in [0.29, 0.717) is 18.9 Å². The molecule has 1 amide bonds. The molecule has 0 aromatic carbocycles. The first-order valence-corrected chi connectivity index (χ1v) is 8.65. The molecule has 3 saturated heterocycles. The van der Waals surface area contributed by atoms with Crippen molar-refractivity contribution in [3.8, 4) is 0 Å². The Morgan fingerprint density at radius 2 is 2.17 bits per heavy atom. The van der Waals surface area contributed by atoms with Gasteiger partial charge in [-0.25, -0.2) is 15.0 Å². The topological polar surface area (TPSA) is 88.2 Å². The van der Waals surface area contributed by atoms with Crippen LogP contribution >= 0.6 is 11.3 Å². The molecule has 0 spiro atoms. The van der Waals surface area contributed by atoms with Crippen LogP contribution in [-0.4, -0.2) is 44.9 Å². The molecule has 0 radical (unpaired) electrons. The van der Waals surface area contributed by atoms with Crippen LogP contribution in [0.5, 0.6) is 0 Å². The summed E-state index contributed by atoms with van der Waals surface area (Å²) in [5.41, 5.74) is 8.55. The highest BCUT2D eigenvalue weighted by Gasteiger charge is 2.41. The lowest BCUT2D eigenvalue weighted by molar-refractivity contribution is -0.140. The van der Waals surface area contributed by atoms with Crippen molar-refractivity contribution < 1.29 is 4.79 Å². The minimum absolute atomic E-state index is 0.0172. The van der Waals surface area contributed by atoms with Crippen molar-refractivity contribution in [3.05, 3.63) is 29.0 Å². The fraction of sp³-hybridized carbons (Fsp3) is 0.467. The van der Waals surface area contributed by atoms with Gasteiger partial charge >= 0.3 is 0 Å². The maximum atomic E-state index is 12.8. The number of nitrogens with zero attached hydrogens (tertiary/aromatic N) is 5. The maximum Gasteiger partial charge on any atom is 0.228 e. The van der Waals surface area contributed by atoms with Gasteiger partial charge in [0.1, 0.15) is 18.0 Å². The zero-order valence-electron chi connectivity index (χ0n) is 12.6. The molecule has 120 valence electrons. The number of carbonyl (C=O) groups is 1. The van der Waals surface area contributed by atoms with E-state index in [-0.39, 0.29) is 17.9 Å². The number of rotatable bonds is 3. The van der Waals surface area contributed by atoms with E-state index in [4.69, 9.17) is 5.73 Å². The Hall–Kier alpha value is -2.22. The molecule has 5 rings (SSSR count). The third kappa shape index (κ3) is 2.74. The molecular formula is C15H18N6OS. The second-order valence-electron chi connectivity index (χ2n) is 6.08. The van der Waals surface area contributed by atoms with Crippen LogP contribution in [0.3, 0.4) is 0 Å². The second-order valence-corrected chi connectivity index (χ2v) is 6.80. The number of anilines is 2. The van der Waals surface area contributed by atoms with E-state index in [1.807, 2.05) is 15.8 Å². The van der Waals surface area contributed by atoms with E-state index in [9.17, 15) is 4.79 Å². The highest BCUT2D eigenvalue weighted by molar-refractivity contribution is 7.07. The van der Waals surface area contributed by atoms with Gasteiger partial charge in [0.05, 0.1) is 23.7 Å². The number of aromatic nitrogens is 3. The van der Waals surface area contributed by atoms with Crippen molar-refractivity contribution in [1.29, 1.82) is 0 Å². The van der Waals surface area contributed by atoms with Crippen LogP contribution < -0.4 is 10.6 Å². The standard InChI is InChI=1S/C15H18N6OS/c16-13-3-14(18-8-17-13)20-4-10-1-2-12(6-20)21(15(10)22)5-11-7-23-9-19-11/h3,7-10,12H,1-2,4-6H2,(H2,16,17,18)/t10-,12+/m0/s1. The molecule has 8 heteroatoms. The van der Waals surface area contributed by atoms with Gasteiger partial charge in [0, 0.05) is 30.6 Å². The molecule has 5 heterocycles. The van der Waals surface area contributed by atoms with E-state index in [1.54, 1.807) is 17.4 Å². The molecule has 0 saturated carbocycles. The van der Waals surface area contributed by atoms with Gasteiger partial charge in [-0.05, 0) is 12.8 Å². The van der Waals surface area contributed by atoms with Crippen molar-refractivity contribution in [1.82, 2.24) is 19.9 Å². The molecule has 2 aromatic rings. The van der Waals surface area contributed by atoms with Crippen LogP contribution in [0.4, 0.5) is 11.6 Å². The molecule has 7 nitrogen and oxygen atoms in total. The molecule has 2 atom stereocenters. The molecule has 2 bridgehead atoms. The van der Waals surface area contributed by atoms with Crippen LogP contribution in [0.2, 0.25) is 0 Å². The molecule has 0 unspecified atom stereocenters. The van der Waals surface area contributed by atoms with Crippen LogP contribution in [0.1, 0.15) is 18.5 Å². The molecular weight excluding hydrogens is 312 g/mol. The molecule has 3 fully saturated rings. The first kappa shape index (κ1) is 14.4. The number of fused-ring (bicyclic) bond motifs is 4. The minimum Gasteiger partial charge on any atom is -0.384 e. The number of nitrogen functional groups attached to an aromatic ring is 1. The number of hydrogen-bond donors (Lipinski definition) is 1. The minimum atomic E-state index is 0.0172. The number of carbonyl (C=O) groups excluding carboxylic acids is 1. The van der Waals surface area contributed by atoms with E-state index < -0.39 is 0 Å². The second kappa shape index (κ2) is 5.77. The molecule has 0 aliphatic carbocycles. The predicted molar refractivity (Wildman–Crippen MR) is 87.8 cm³/mol. The predicted octanol–water partition coefficient (Wildman–Crippen LogP) is 1.14. The SMILES string of the molecule is Nc1cc(N2C[C@@H]3CC[C@H](C2)N(Cc2cscn2)C3=O)ncn1. The van der Waals surface area contributed by atoms with E-state index in [0.717, 1.165) is 30.9 Å². The summed E-state index contributed by atoms with van der Waals surface area (Å²) in [5, 5.41) is 2.01. The summed E-state index contributed by atoms with van der Waals surface area (Å²) in [4.78, 5) is 29.5. The quantitative estimate of drug-likeness (QED) is 0.908. The summed E-state index contributed by atoms with van der Waals surface area (Å²) in [6.45, 7) is 2.07. The van der Waals surface area contributed by atoms with Gasteiger partial charge in [0.15, 0.2) is 0 Å². The Bertz CT molecular complexity index is 706. The zero-order valence-corrected chi connectivity index (χ0v) is 13.4. The monoisotopic (exact) mass is 330 g/mol. The highest BCUT2D eigenvalue weighted by atomic mass is 32.1. The van der Waals surface area contributed by atoms with Crippen molar-refractivity contribution in [2.45, 2.75) is 25.4 Å². The number of amides is 1. The largest absolute Gasteiger partial charge is 0.384 e. The fourth-order valence-corrected chi connectivity index (χ4v) is 4.01. The summed E-state index contributed by atoms with van der Waals surface area (Å²) in [6.07, 6.45) is 3.44. The van der Waals surface area contributed by atoms with E-state index in [1.165, 1.54) is 6.33 Å². The third-order valence-corrected chi connectivity index (χ3v) is 5.24. The summed E-state index contributed by atoms with van der Waals surface area (Å²) >= 11 is 1.56. The number of thiazole rings is 1. The van der Waals surface area contributed by atoms with E-state index >= 15 is 0 Å². The first-order valence-electron chi connectivity index (χ1n) is 7.70. The Kier molecular flexibility index (Phi) is 3.60. The van der Waals surface area contributed by atoms with Gasteiger partial charge in [-0.15, -0.1) is 11.3 Å². The summed E-state index contributed by atoms with van der Waals surface area (Å²) < 4.78 is 0. The lowest BCUT2D eigenvalue weighted by Crippen LogP contribution is -2.47. The van der Waals surface area contributed by atoms with Crippen molar-refractivity contribution in [2.75, 3.05) is 23.7 Å². The van der Waals surface area contributed by atoms with Crippen molar-refractivity contribution >= 4 is 28.9 Å². The number of hydrogen-bond acceptors (Lipinski definition) is 7. The average molecular weight is 330 g/mol. The zero-order chi connectivity index (χ0) is 15.8. The van der Waals surface area contributed by atoms with Gasteiger partial charge < -0.3 is 15.5 Å². The van der Waals surface area contributed by atoms with Gasteiger partial charge in [0.2, 0.25) is 5.91 Å². The third-order valence-electron chi connectivity index (χ3n) is 4.61. The Balaban J connectivity index is 1.59. The summed E-state index contributed by atoms with van der Waals surface area (Å²) in [5.74, 6) is 1.51. The van der Waals surface area contributed by atoms with Gasteiger partial charge in [-0.3, -0.25) is 4.79 Å². The normalized spacial score (nSPS) is 24.1. The number of piperidine rings is 1. The van der Waals surface area contributed by atoms with Gasteiger partial charge in [0.25, 0.3) is 0 Å². The van der Waals surface area contributed by atoms with Crippen LogP contribution in [0.25, 0.3) is 0 Å². The van der Waals surface area contributed by atoms with Crippen molar-refractivity contribution in [2.24, 2.45) is 5.92 Å². The maximum absolute atomic E-state index is 12.8. The van der Waals surface area contributed by atoms with Crippen LogP contribution in [0, 0.1) is 5.92 Å². The summed E-state index contributed by atoms with van der Waals surface area (Å²) in [7, 11) is 0. The average Bonchev–Trinajstić information content (AvgIpc) is 2.91. The van der Waals surface area contributed by atoms with E-state index in [2.05, 4.69) is 19.9 Å². The molecule has 2 aromatic heterocycles. The number of nitrogens with two attached hydrogens (primary N) is 1. The lowest BCUT2D eigenvalue weighted by Gasteiger charge is -2.35. The van der Waals surface area contributed by atoms with Gasteiger partial charge in [-0.1, -0.05) is 0 Å². The van der Waals surface area contributed by atoms with Crippen molar-refractivity contribution in [3.63, 3.8) is 0 Å². The lowest BCUT2D eigenvalue weighted by atomic mass is 9.94. The fourth-order valence-electron chi connectivity index (χ4n) is 3.46.